The standard InChI is InChI=1S/C17H25N7O3/c1-23(9-11-8-18-24(2)10-11)16(26)12-3-5-13(6-4-12)19-15(25)7-14-20-17(27)22-21-14/h8,10,12-13H,3-7,9H2,1-2H3,(H,19,25)(H2,20,21,22,27). The number of H-pyrrole nitrogens is 2. The first kappa shape index (κ1) is 18.9. The molecule has 2 aromatic rings. The summed E-state index contributed by atoms with van der Waals surface area (Å²) in [6, 6.07) is 0.0517. The fourth-order valence-electron chi connectivity index (χ4n) is 3.52. The van der Waals surface area contributed by atoms with Gasteiger partial charge in [0.15, 0.2) is 0 Å². The van der Waals surface area contributed by atoms with Crippen LogP contribution in [0.3, 0.4) is 0 Å². The molecule has 0 radical (unpaired) electrons. The summed E-state index contributed by atoms with van der Waals surface area (Å²) in [7, 11) is 3.67. The molecule has 2 aromatic heterocycles. The molecule has 146 valence electrons. The predicted octanol–water partition coefficient (Wildman–Crippen LogP) is -0.292. The van der Waals surface area contributed by atoms with Crippen LogP contribution in [0.1, 0.15) is 37.1 Å². The first-order valence-corrected chi connectivity index (χ1v) is 9.06. The summed E-state index contributed by atoms with van der Waals surface area (Å²) in [5.74, 6) is 0.264. The molecule has 3 N–H and O–H groups in total. The Bertz CT molecular complexity index is 845. The Morgan fingerprint density at radius 3 is 2.67 bits per heavy atom. The number of hydrogen-bond acceptors (Lipinski definition) is 5. The van der Waals surface area contributed by atoms with Crippen LogP contribution in [0.4, 0.5) is 0 Å². The molecule has 0 saturated heterocycles. The van der Waals surface area contributed by atoms with Crippen molar-refractivity contribution in [3.05, 3.63) is 34.3 Å². The molecule has 0 unspecified atom stereocenters. The van der Waals surface area contributed by atoms with Crippen LogP contribution in [0.2, 0.25) is 0 Å². The maximum Gasteiger partial charge on any atom is 0.340 e. The van der Waals surface area contributed by atoms with Gasteiger partial charge in [0, 0.05) is 44.4 Å². The molecule has 0 aliphatic heterocycles. The molecule has 10 heteroatoms. The lowest BCUT2D eigenvalue weighted by atomic mass is 9.85. The average Bonchev–Trinajstić information content (AvgIpc) is 3.22. The number of amides is 2. The lowest BCUT2D eigenvalue weighted by molar-refractivity contribution is -0.135. The molecule has 0 bridgehead atoms. The minimum Gasteiger partial charge on any atom is -0.353 e. The zero-order valence-electron chi connectivity index (χ0n) is 15.6. The van der Waals surface area contributed by atoms with Crippen molar-refractivity contribution in [2.45, 2.75) is 44.7 Å². The van der Waals surface area contributed by atoms with Gasteiger partial charge in [0.05, 0.1) is 12.6 Å². The third-order valence-electron chi connectivity index (χ3n) is 4.87. The van der Waals surface area contributed by atoms with Crippen molar-refractivity contribution in [1.82, 2.24) is 35.2 Å². The number of nitrogens with one attached hydrogen (secondary N) is 3. The van der Waals surface area contributed by atoms with Crippen LogP contribution in [0.25, 0.3) is 0 Å². The smallest absolute Gasteiger partial charge is 0.340 e. The third kappa shape index (κ3) is 5.05. The van der Waals surface area contributed by atoms with Crippen LogP contribution >= 0.6 is 0 Å². The van der Waals surface area contributed by atoms with Crippen LogP contribution in [-0.4, -0.2) is 54.8 Å². The van der Waals surface area contributed by atoms with Gasteiger partial charge in [0.2, 0.25) is 11.8 Å². The van der Waals surface area contributed by atoms with Crippen LogP contribution in [0.15, 0.2) is 17.2 Å². The molecule has 2 amide bonds. The van der Waals surface area contributed by atoms with Crippen molar-refractivity contribution in [3.63, 3.8) is 0 Å². The van der Waals surface area contributed by atoms with Gasteiger partial charge in [-0.1, -0.05) is 0 Å². The summed E-state index contributed by atoms with van der Waals surface area (Å²) in [4.78, 5) is 39.9. The summed E-state index contributed by atoms with van der Waals surface area (Å²) >= 11 is 0. The lowest BCUT2D eigenvalue weighted by Crippen LogP contribution is -2.41. The van der Waals surface area contributed by atoms with Gasteiger partial charge in [-0.05, 0) is 25.7 Å². The van der Waals surface area contributed by atoms with Crippen LogP contribution in [0.5, 0.6) is 0 Å². The normalized spacial score (nSPS) is 19.6. The van der Waals surface area contributed by atoms with E-state index in [9.17, 15) is 14.4 Å². The molecule has 3 rings (SSSR count). The van der Waals surface area contributed by atoms with Crippen LogP contribution in [-0.2, 0) is 29.6 Å². The largest absolute Gasteiger partial charge is 0.353 e. The number of aromatic nitrogens is 5. The van der Waals surface area contributed by atoms with Gasteiger partial charge in [-0.3, -0.25) is 19.3 Å². The Kier molecular flexibility index (Phi) is 5.72. The molecule has 0 atom stereocenters. The highest BCUT2D eigenvalue weighted by Gasteiger charge is 2.29. The van der Waals surface area contributed by atoms with E-state index in [2.05, 4.69) is 25.6 Å². The van der Waals surface area contributed by atoms with E-state index in [1.54, 1.807) is 15.8 Å². The Hall–Kier alpha value is -2.91. The number of hydrogen-bond donors (Lipinski definition) is 3. The maximum absolute atomic E-state index is 12.6. The fraction of sp³-hybridized carbons (Fsp3) is 0.588. The molecule has 27 heavy (non-hydrogen) atoms. The summed E-state index contributed by atoms with van der Waals surface area (Å²) in [6.07, 6.45) is 6.73. The van der Waals surface area contributed by atoms with Gasteiger partial charge in [-0.2, -0.15) is 10.2 Å². The molecule has 1 fully saturated rings. The molecular formula is C17H25N7O3. The quantitative estimate of drug-likeness (QED) is 0.639. The molecule has 2 heterocycles. The number of carbonyl (C=O) groups excluding carboxylic acids is 2. The second-order valence-electron chi connectivity index (χ2n) is 7.13. The minimum atomic E-state index is -0.424. The number of rotatable bonds is 6. The second-order valence-corrected chi connectivity index (χ2v) is 7.13. The number of carbonyl (C=O) groups is 2. The Labute approximate surface area is 156 Å². The first-order valence-electron chi connectivity index (χ1n) is 9.06. The maximum atomic E-state index is 12.6. The zero-order valence-corrected chi connectivity index (χ0v) is 15.6. The minimum absolute atomic E-state index is 0.0116. The topological polar surface area (TPSA) is 129 Å². The van der Waals surface area contributed by atoms with E-state index in [0.29, 0.717) is 12.4 Å². The Morgan fingerprint density at radius 1 is 1.33 bits per heavy atom. The van der Waals surface area contributed by atoms with Gasteiger partial charge >= 0.3 is 5.69 Å². The van der Waals surface area contributed by atoms with Crippen molar-refractivity contribution in [1.29, 1.82) is 0 Å². The molecule has 0 spiro atoms. The van der Waals surface area contributed by atoms with Crippen molar-refractivity contribution in [2.75, 3.05) is 7.05 Å². The number of aryl methyl sites for hydroxylation is 1. The molecule has 1 saturated carbocycles. The first-order chi connectivity index (χ1) is 12.9. The van der Waals surface area contributed by atoms with Gasteiger partial charge in [0.25, 0.3) is 0 Å². The highest BCUT2D eigenvalue weighted by atomic mass is 16.2. The number of aromatic amines is 2. The van der Waals surface area contributed by atoms with Crippen molar-refractivity contribution < 1.29 is 9.59 Å². The highest BCUT2D eigenvalue weighted by Crippen LogP contribution is 2.26. The Balaban J connectivity index is 1.43. The van der Waals surface area contributed by atoms with E-state index < -0.39 is 5.69 Å². The van der Waals surface area contributed by atoms with Gasteiger partial charge in [-0.25, -0.2) is 9.89 Å². The second kappa shape index (κ2) is 8.19. The SMILES string of the molecule is CN(Cc1cnn(C)c1)C(=O)C1CCC(NC(=O)Cc2n[nH]c(=O)[nH]2)CC1. The summed E-state index contributed by atoms with van der Waals surface area (Å²) in [6.45, 7) is 0.547. The highest BCUT2D eigenvalue weighted by molar-refractivity contribution is 5.79. The number of nitrogens with zero attached hydrogens (tertiary/aromatic N) is 4. The van der Waals surface area contributed by atoms with Crippen molar-refractivity contribution in [3.8, 4) is 0 Å². The lowest BCUT2D eigenvalue weighted by Gasteiger charge is -2.30. The van der Waals surface area contributed by atoms with Crippen molar-refractivity contribution in [2.24, 2.45) is 13.0 Å². The molecule has 1 aliphatic rings. The van der Waals surface area contributed by atoms with E-state index in [-0.39, 0.29) is 30.2 Å². The summed E-state index contributed by atoms with van der Waals surface area (Å²) in [5.41, 5.74) is 0.581. The molecular weight excluding hydrogens is 350 g/mol. The third-order valence-corrected chi connectivity index (χ3v) is 4.87. The molecule has 10 nitrogen and oxygen atoms in total. The summed E-state index contributed by atoms with van der Waals surface area (Å²) in [5, 5.41) is 13.0. The van der Waals surface area contributed by atoms with E-state index in [1.165, 1.54) is 0 Å². The Morgan fingerprint density at radius 2 is 2.07 bits per heavy atom. The monoisotopic (exact) mass is 375 g/mol. The predicted molar refractivity (Wildman–Crippen MR) is 96.5 cm³/mol. The van der Waals surface area contributed by atoms with E-state index in [4.69, 9.17) is 0 Å². The van der Waals surface area contributed by atoms with E-state index in [1.807, 2.05) is 20.3 Å². The molecule has 1 aliphatic carbocycles. The molecule has 0 aromatic carbocycles. The average molecular weight is 375 g/mol. The summed E-state index contributed by atoms with van der Waals surface area (Å²) < 4.78 is 1.72. The van der Waals surface area contributed by atoms with Crippen LogP contribution < -0.4 is 11.0 Å². The van der Waals surface area contributed by atoms with Crippen LogP contribution in [0, 0.1) is 5.92 Å². The van der Waals surface area contributed by atoms with E-state index in [0.717, 1.165) is 31.2 Å². The van der Waals surface area contributed by atoms with E-state index >= 15 is 0 Å². The van der Waals surface area contributed by atoms with Gasteiger partial charge in [-0.15, -0.1) is 0 Å². The fourth-order valence-corrected chi connectivity index (χ4v) is 3.52. The van der Waals surface area contributed by atoms with Gasteiger partial charge in [0.1, 0.15) is 5.82 Å². The van der Waals surface area contributed by atoms with Gasteiger partial charge < -0.3 is 10.2 Å². The zero-order chi connectivity index (χ0) is 19.4. The van der Waals surface area contributed by atoms with Crippen molar-refractivity contribution >= 4 is 11.8 Å².